The largest absolute Gasteiger partial charge is 0.355 e. The monoisotopic (exact) mass is 128 g/mol. The zero-order valence-electron chi connectivity index (χ0n) is 5.51. The molecule has 0 bridgehead atoms. The Morgan fingerprint density at radius 2 is 2.22 bits per heavy atom. The van der Waals surface area contributed by atoms with Gasteiger partial charge in [0.05, 0.1) is 12.7 Å². The summed E-state index contributed by atoms with van der Waals surface area (Å²) in [5.41, 5.74) is 0. The molecule has 1 heterocycles. The third kappa shape index (κ3) is 0.970. The van der Waals surface area contributed by atoms with Crippen LogP contribution in [-0.2, 0) is 9.47 Å². The normalized spacial score (nSPS) is 42.7. The van der Waals surface area contributed by atoms with E-state index in [4.69, 9.17) is 9.47 Å². The summed E-state index contributed by atoms with van der Waals surface area (Å²) in [6.07, 6.45) is 4.44. The molecule has 2 heteroatoms. The Balaban J connectivity index is 1.97. The minimum Gasteiger partial charge on any atom is -0.355 e. The number of hydrogen-bond acceptors (Lipinski definition) is 2. The number of ether oxygens (including phenoxy) is 2. The van der Waals surface area contributed by atoms with Gasteiger partial charge in [0, 0.05) is 5.92 Å². The maximum absolute atomic E-state index is 5.38. The molecule has 1 saturated carbocycles. The fraction of sp³-hybridized carbons (Fsp3) is 1.00. The predicted octanol–water partition coefficient (Wildman–Crippen LogP) is 1.16. The molecule has 0 aromatic carbocycles. The summed E-state index contributed by atoms with van der Waals surface area (Å²) in [6, 6.07) is 0. The van der Waals surface area contributed by atoms with E-state index in [1.165, 1.54) is 19.3 Å². The van der Waals surface area contributed by atoms with Gasteiger partial charge in [-0.2, -0.15) is 0 Å². The summed E-state index contributed by atoms with van der Waals surface area (Å²) >= 11 is 0. The van der Waals surface area contributed by atoms with E-state index in [0.29, 0.717) is 12.9 Å². The molecule has 2 fully saturated rings. The summed E-state index contributed by atoms with van der Waals surface area (Å²) in [4.78, 5) is 0. The SMILES string of the molecule is C1C[C@H]2COCO[C@@H]2C1. The molecule has 2 nitrogen and oxygen atoms in total. The zero-order chi connectivity index (χ0) is 6.10. The smallest absolute Gasteiger partial charge is 0.147 e. The third-order valence-electron chi connectivity index (χ3n) is 2.29. The fourth-order valence-corrected chi connectivity index (χ4v) is 1.75. The molecule has 1 aliphatic carbocycles. The lowest BCUT2D eigenvalue weighted by atomic mass is 10.1. The number of hydrogen-bond donors (Lipinski definition) is 0. The minimum absolute atomic E-state index is 0.529. The molecule has 1 saturated heterocycles. The van der Waals surface area contributed by atoms with Gasteiger partial charge in [-0.25, -0.2) is 0 Å². The van der Waals surface area contributed by atoms with E-state index < -0.39 is 0 Å². The van der Waals surface area contributed by atoms with Crippen LogP contribution in [0.25, 0.3) is 0 Å². The first-order chi connectivity index (χ1) is 4.47. The van der Waals surface area contributed by atoms with E-state index >= 15 is 0 Å². The molecule has 2 aliphatic rings. The maximum Gasteiger partial charge on any atom is 0.147 e. The van der Waals surface area contributed by atoms with Gasteiger partial charge >= 0.3 is 0 Å². The molecule has 2 atom stereocenters. The second kappa shape index (κ2) is 2.27. The average Bonchev–Trinajstić information content (AvgIpc) is 2.33. The summed E-state index contributed by atoms with van der Waals surface area (Å²) in [5, 5.41) is 0. The molecular weight excluding hydrogens is 116 g/mol. The van der Waals surface area contributed by atoms with Crippen LogP contribution in [0.2, 0.25) is 0 Å². The van der Waals surface area contributed by atoms with Crippen molar-refractivity contribution in [1.82, 2.24) is 0 Å². The standard InChI is InChI=1S/C7H12O2/c1-2-6-4-8-5-9-7(6)3-1/h6-7H,1-5H2/t6-,7+/m0/s1. The molecule has 0 N–H and O–H groups in total. The van der Waals surface area contributed by atoms with E-state index in [1.807, 2.05) is 0 Å². The van der Waals surface area contributed by atoms with Crippen LogP contribution in [0.3, 0.4) is 0 Å². The van der Waals surface area contributed by atoms with Crippen molar-refractivity contribution in [2.45, 2.75) is 25.4 Å². The van der Waals surface area contributed by atoms with Crippen molar-refractivity contribution in [1.29, 1.82) is 0 Å². The first kappa shape index (κ1) is 5.69. The van der Waals surface area contributed by atoms with Crippen LogP contribution in [-0.4, -0.2) is 19.5 Å². The highest BCUT2D eigenvalue weighted by Gasteiger charge is 2.30. The van der Waals surface area contributed by atoms with Gasteiger partial charge < -0.3 is 9.47 Å². The van der Waals surface area contributed by atoms with E-state index in [9.17, 15) is 0 Å². The highest BCUT2D eigenvalue weighted by Crippen LogP contribution is 2.30. The van der Waals surface area contributed by atoms with E-state index in [2.05, 4.69) is 0 Å². The lowest BCUT2D eigenvalue weighted by Gasteiger charge is -2.25. The van der Waals surface area contributed by atoms with E-state index in [-0.39, 0.29) is 0 Å². The van der Waals surface area contributed by atoms with Crippen molar-refractivity contribution < 1.29 is 9.47 Å². The van der Waals surface area contributed by atoms with Crippen molar-refractivity contribution in [2.24, 2.45) is 5.92 Å². The van der Waals surface area contributed by atoms with Gasteiger partial charge in [0.15, 0.2) is 0 Å². The summed E-state index contributed by atoms with van der Waals surface area (Å²) in [6.45, 7) is 1.46. The first-order valence-corrected chi connectivity index (χ1v) is 3.66. The van der Waals surface area contributed by atoms with Gasteiger partial charge in [0.2, 0.25) is 0 Å². The van der Waals surface area contributed by atoms with Gasteiger partial charge in [-0.3, -0.25) is 0 Å². The topological polar surface area (TPSA) is 18.5 Å². The minimum atomic E-state index is 0.529. The molecule has 0 spiro atoms. The molecule has 0 amide bonds. The average molecular weight is 128 g/mol. The molecule has 0 radical (unpaired) electrons. The molecule has 2 rings (SSSR count). The van der Waals surface area contributed by atoms with Gasteiger partial charge in [0.25, 0.3) is 0 Å². The van der Waals surface area contributed by atoms with Gasteiger partial charge in [-0.1, -0.05) is 6.42 Å². The lowest BCUT2D eigenvalue weighted by Crippen LogP contribution is -2.29. The van der Waals surface area contributed by atoms with Crippen molar-refractivity contribution in [3.05, 3.63) is 0 Å². The van der Waals surface area contributed by atoms with Crippen molar-refractivity contribution >= 4 is 0 Å². The quantitative estimate of drug-likeness (QED) is 0.487. The van der Waals surface area contributed by atoms with Crippen LogP contribution >= 0.6 is 0 Å². The van der Waals surface area contributed by atoms with E-state index in [1.54, 1.807) is 0 Å². The molecule has 52 valence electrons. The highest BCUT2D eigenvalue weighted by atomic mass is 16.7. The van der Waals surface area contributed by atoms with Gasteiger partial charge in [0.1, 0.15) is 6.79 Å². The highest BCUT2D eigenvalue weighted by molar-refractivity contribution is 4.78. The molecule has 0 unspecified atom stereocenters. The maximum atomic E-state index is 5.38. The van der Waals surface area contributed by atoms with Crippen molar-refractivity contribution in [3.63, 3.8) is 0 Å². The van der Waals surface area contributed by atoms with Crippen LogP contribution in [0.4, 0.5) is 0 Å². The summed E-state index contributed by atoms with van der Waals surface area (Å²) in [5.74, 6) is 0.721. The first-order valence-electron chi connectivity index (χ1n) is 3.66. The Kier molecular flexibility index (Phi) is 1.44. The second-order valence-electron chi connectivity index (χ2n) is 2.88. The van der Waals surface area contributed by atoms with Crippen LogP contribution in [0.5, 0.6) is 0 Å². The second-order valence-corrected chi connectivity index (χ2v) is 2.88. The molecule has 9 heavy (non-hydrogen) atoms. The lowest BCUT2D eigenvalue weighted by molar-refractivity contribution is -0.159. The Morgan fingerprint density at radius 3 is 3.11 bits per heavy atom. The van der Waals surface area contributed by atoms with Crippen LogP contribution in [0.15, 0.2) is 0 Å². The zero-order valence-corrected chi connectivity index (χ0v) is 5.51. The van der Waals surface area contributed by atoms with Crippen molar-refractivity contribution in [2.75, 3.05) is 13.4 Å². The van der Waals surface area contributed by atoms with Crippen LogP contribution < -0.4 is 0 Å². The summed E-state index contributed by atoms with van der Waals surface area (Å²) in [7, 11) is 0. The molecule has 0 aromatic heterocycles. The number of rotatable bonds is 0. The van der Waals surface area contributed by atoms with Gasteiger partial charge in [-0.05, 0) is 12.8 Å². The molecule has 1 aliphatic heterocycles. The van der Waals surface area contributed by atoms with E-state index in [0.717, 1.165) is 12.5 Å². The van der Waals surface area contributed by atoms with Gasteiger partial charge in [-0.15, -0.1) is 0 Å². The van der Waals surface area contributed by atoms with Crippen molar-refractivity contribution in [3.8, 4) is 0 Å². The fourth-order valence-electron chi connectivity index (χ4n) is 1.75. The van der Waals surface area contributed by atoms with Crippen LogP contribution in [0, 0.1) is 5.92 Å². The van der Waals surface area contributed by atoms with Crippen LogP contribution in [0.1, 0.15) is 19.3 Å². The molecule has 0 aromatic rings. The Labute approximate surface area is 55.1 Å². The third-order valence-corrected chi connectivity index (χ3v) is 2.29. The Bertz CT molecular complexity index is 91.1. The molecular formula is C7H12O2. The Hall–Kier alpha value is -0.0800. The number of fused-ring (bicyclic) bond motifs is 1. The summed E-state index contributed by atoms with van der Waals surface area (Å²) < 4.78 is 10.5. The Morgan fingerprint density at radius 1 is 1.22 bits per heavy atom. The predicted molar refractivity (Wildman–Crippen MR) is 33.0 cm³/mol.